The van der Waals surface area contributed by atoms with Crippen LogP contribution in [0.25, 0.3) is 0 Å². The van der Waals surface area contributed by atoms with Crippen molar-refractivity contribution < 1.29 is 84.8 Å². The van der Waals surface area contributed by atoms with Crippen LogP contribution in [0.15, 0.2) is 0 Å². The van der Waals surface area contributed by atoms with E-state index in [2.05, 4.69) is 27.7 Å². The standard InChI is InChI=1S/C69H128O18S/c1-8-12-16-20-24-26-28-30-32-33-35-37-41-45-49-55(7)67(76)85-62-60(72)57(52-81-66(75)54(6)48-44-40-23-19-15-11-4)83-69(64(62)84-58(70)50-46-42-38-36-34-31-29-27-25-21-17-13-9-2)86-68-63(87-88(77,78)79)61(73)59(71)56(82-68)51-80-65(74)53(5)47-43-39-22-18-14-10-3/h53-57,59-64,68-69,71-73H,8-52H2,1-7H3,(H,77,78,79)/t53-,54-,55-,56+,57+,59+,60+,61-,62-,63+,64+,68+,69+/m0/s1. The van der Waals surface area contributed by atoms with Gasteiger partial charge in [0.25, 0.3) is 0 Å². The van der Waals surface area contributed by atoms with Gasteiger partial charge in [-0.1, -0.05) is 292 Å². The molecule has 4 N–H and O–H groups in total. The number of carbonyl (C=O) groups is 4. The van der Waals surface area contributed by atoms with Crippen molar-refractivity contribution in [1.29, 1.82) is 0 Å². The molecule has 88 heavy (non-hydrogen) atoms. The molecule has 0 bridgehead atoms. The summed E-state index contributed by atoms with van der Waals surface area (Å²) in [6.45, 7) is 12.7. The summed E-state index contributed by atoms with van der Waals surface area (Å²) < 4.78 is 81.9. The summed E-state index contributed by atoms with van der Waals surface area (Å²) in [7, 11) is -5.41. The van der Waals surface area contributed by atoms with Crippen molar-refractivity contribution in [1.82, 2.24) is 0 Å². The molecule has 0 saturated carbocycles. The maximum Gasteiger partial charge on any atom is 0.397 e. The van der Waals surface area contributed by atoms with E-state index >= 15 is 0 Å². The maximum atomic E-state index is 14.2. The lowest BCUT2D eigenvalue weighted by atomic mass is 9.96. The molecule has 19 heteroatoms. The molecule has 2 rings (SSSR count). The Morgan fingerprint density at radius 3 is 1.05 bits per heavy atom. The van der Waals surface area contributed by atoms with Crippen LogP contribution in [0.5, 0.6) is 0 Å². The van der Waals surface area contributed by atoms with Crippen molar-refractivity contribution in [3.63, 3.8) is 0 Å². The number of aliphatic hydroxyl groups excluding tert-OH is 3. The zero-order valence-electron chi connectivity index (χ0n) is 56.2. The van der Waals surface area contributed by atoms with Gasteiger partial charge in [-0.25, -0.2) is 4.18 Å². The fourth-order valence-electron chi connectivity index (χ4n) is 11.7. The van der Waals surface area contributed by atoms with Gasteiger partial charge in [0.1, 0.15) is 43.7 Å². The molecule has 0 aromatic rings. The number of hydrogen-bond donors (Lipinski definition) is 4. The smallest absolute Gasteiger partial charge is 0.397 e. The molecular formula is C69H128O18S. The van der Waals surface area contributed by atoms with Crippen LogP contribution in [0.2, 0.25) is 0 Å². The van der Waals surface area contributed by atoms with Crippen LogP contribution < -0.4 is 0 Å². The van der Waals surface area contributed by atoms with E-state index in [1.807, 2.05) is 0 Å². The molecule has 0 amide bonds. The Morgan fingerprint density at radius 1 is 0.386 bits per heavy atom. The summed E-state index contributed by atoms with van der Waals surface area (Å²) in [4.78, 5) is 55.1. The van der Waals surface area contributed by atoms with Crippen LogP contribution in [-0.2, 0) is 66.9 Å². The average molecular weight is 1280 g/mol. The molecule has 0 unspecified atom stereocenters. The number of rotatable bonds is 56. The van der Waals surface area contributed by atoms with E-state index in [0.717, 1.165) is 141 Å². The Hall–Kier alpha value is -2.49. The molecule has 2 heterocycles. The van der Waals surface area contributed by atoms with E-state index in [1.165, 1.54) is 103 Å². The van der Waals surface area contributed by atoms with Gasteiger partial charge in [0.05, 0.1) is 17.8 Å². The minimum absolute atomic E-state index is 0.0746. The second kappa shape index (κ2) is 51.0. The second-order valence-electron chi connectivity index (χ2n) is 26.0. The van der Waals surface area contributed by atoms with Gasteiger partial charge in [0.2, 0.25) is 6.29 Å². The van der Waals surface area contributed by atoms with Gasteiger partial charge in [-0.3, -0.25) is 23.7 Å². The summed E-state index contributed by atoms with van der Waals surface area (Å²) in [5, 5.41) is 35.0. The molecule has 0 radical (unpaired) electrons. The summed E-state index contributed by atoms with van der Waals surface area (Å²) in [6, 6.07) is 0. The van der Waals surface area contributed by atoms with Crippen molar-refractivity contribution >= 4 is 34.3 Å². The molecule has 2 aliphatic heterocycles. The molecule has 518 valence electrons. The van der Waals surface area contributed by atoms with Gasteiger partial charge in [-0.2, -0.15) is 8.42 Å². The van der Waals surface area contributed by atoms with Crippen LogP contribution in [-0.4, -0.2) is 127 Å². The minimum atomic E-state index is -5.41. The Balaban J connectivity index is 2.42. The summed E-state index contributed by atoms with van der Waals surface area (Å²) in [5.74, 6) is -4.36. The van der Waals surface area contributed by atoms with E-state index in [-0.39, 0.29) is 6.42 Å². The van der Waals surface area contributed by atoms with Crippen molar-refractivity contribution in [3.8, 4) is 0 Å². The van der Waals surface area contributed by atoms with E-state index in [0.29, 0.717) is 25.7 Å². The molecular weight excluding hydrogens is 1150 g/mol. The van der Waals surface area contributed by atoms with Crippen molar-refractivity contribution in [3.05, 3.63) is 0 Å². The maximum absolute atomic E-state index is 14.2. The van der Waals surface area contributed by atoms with E-state index < -0.39 is 127 Å². The molecule has 2 saturated heterocycles. The summed E-state index contributed by atoms with van der Waals surface area (Å²) in [6.07, 6.45) is 25.5. The summed E-state index contributed by atoms with van der Waals surface area (Å²) in [5.41, 5.74) is 0. The van der Waals surface area contributed by atoms with Crippen LogP contribution in [0.1, 0.15) is 325 Å². The van der Waals surface area contributed by atoms with Crippen LogP contribution >= 0.6 is 0 Å². The lowest BCUT2D eigenvalue weighted by Crippen LogP contribution is -2.65. The monoisotopic (exact) mass is 1280 g/mol. The quantitative estimate of drug-likeness (QED) is 0.0191. The number of hydrogen-bond acceptors (Lipinski definition) is 17. The van der Waals surface area contributed by atoms with Gasteiger partial charge in [0.15, 0.2) is 24.6 Å². The summed E-state index contributed by atoms with van der Waals surface area (Å²) >= 11 is 0. The average Bonchev–Trinajstić information content (AvgIpc) is 1.65. The molecule has 0 aromatic carbocycles. The zero-order valence-corrected chi connectivity index (χ0v) is 57.1. The van der Waals surface area contributed by atoms with E-state index in [9.17, 15) is 47.5 Å². The zero-order chi connectivity index (χ0) is 64.8. The SMILES string of the molecule is CCCCCCCCCCCCCCCC[C@H](C)C(=O)O[C@H]1[C@H](O)[C@@H](COC(=O)[C@@H](C)CCCCCCCC)O[C@H](O[C@H]2O[C@H](COC(=O)[C@@H](C)CCCCCCCC)[C@@H](O)[C@H](O)[C@H]2OS(=O)(=O)O)[C@@H]1OC(=O)CCCCCCCCCCCCCCC. The van der Waals surface area contributed by atoms with E-state index in [4.69, 9.17) is 37.3 Å². The fraction of sp³-hybridized carbons (Fsp3) is 0.942. The predicted octanol–water partition coefficient (Wildman–Crippen LogP) is 15.4. The molecule has 13 atom stereocenters. The first-order valence-electron chi connectivity index (χ1n) is 35.8. The highest BCUT2D eigenvalue weighted by Crippen LogP contribution is 2.34. The molecule has 0 spiro atoms. The van der Waals surface area contributed by atoms with Crippen LogP contribution in [0.3, 0.4) is 0 Å². The number of unbranched alkanes of at least 4 members (excludes halogenated alkanes) is 35. The van der Waals surface area contributed by atoms with Crippen molar-refractivity contribution in [2.75, 3.05) is 13.2 Å². The molecule has 0 aromatic heterocycles. The molecule has 2 fully saturated rings. The van der Waals surface area contributed by atoms with Crippen molar-refractivity contribution in [2.45, 2.75) is 386 Å². The first kappa shape index (κ1) is 81.6. The molecule has 2 aliphatic rings. The van der Waals surface area contributed by atoms with Crippen LogP contribution in [0, 0.1) is 17.8 Å². The lowest BCUT2D eigenvalue weighted by molar-refractivity contribution is -0.374. The number of esters is 4. The minimum Gasteiger partial charge on any atom is -0.463 e. The first-order valence-corrected chi connectivity index (χ1v) is 37.1. The first-order chi connectivity index (χ1) is 42.4. The highest BCUT2D eigenvalue weighted by Gasteiger charge is 2.55. The van der Waals surface area contributed by atoms with Gasteiger partial charge in [-0.05, 0) is 25.7 Å². The van der Waals surface area contributed by atoms with Gasteiger partial charge < -0.3 is 48.5 Å². The number of carbonyl (C=O) groups excluding carboxylic acids is 4. The Bertz CT molecular complexity index is 1870. The third kappa shape index (κ3) is 37.3. The van der Waals surface area contributed by atoms with E-state index in [1.54, 1.807) is 20.8 Å². The molecule has 0 aliphatic carbocycles. The molecule has 18 nitrogen and oxygen atoms in total. The Kier molecular flexibility index (Phi) is 47.3. The largest absolute Gasteiger partial charge is 0.463 e. The van der Waals surface area contributed by atoms with Gasteiger partial charge in [-0.15, -0.1) is 0 Å². The van der Waals surface area contributed by atoms with Crippen molar-refractivity contribution in [2.24, 2.45) is 17.8 Å². The highest BCUT2D eigenvalue weighted by molar-refractivity contribution is 7.80. The Morgan fingerprint density at radius 2 is 0.693 bits per heavy atom. The number of ether oxygens (including phenoxy) is 7. The van der Waals surface area contributed by atoms with Gasteiger partial charge in [0, 0.05) is 6.42 Å². The highest BCUT2D eigenvalue weighted by atomic mass is 32.3. The third-order valence-corrected chi connectivity index (χ3v) is 18.2. The van der Waals surface area contributed by atoms with Gasteiger partial charge >= 0.3 is 34.3 Å². The Labute approximate surface area is 533 Å². The van der Waals surface area contributed by atoms with Crippen LogP contribution in [0.4, 0.5) is 0 Å². The fourth-order valence-corrected chi connectivity index (χ4v) is 12.2. The third-order valence-electron chi connectivity index (χ3n) is 17.7. The number of aliphatic hydroxyl groups is 3. The predicted molar refractivity (Wildman–Crippen MR) is 343 cm³/mol. The lowest BCUT2D eigenvalue weighted by Gasteiger charge is -2.46. The second-order valence-corrected chi connectivity index (χ2v) is 27.0. The normalized spacial score (nSPS) is 23.3. The topological polar surface area (TPSA) is 257 Å².